The van der Waals surface area contributed by atoms with Crippen molar-refractivity contribution in [1.29, 1.82) is 0 Å². The van der Waals surface area contributed by atoms with Crippen molar-refractivity contribution in [3.63, 3.8) is 0 Å². The van der Waals surface area contributed by atoms with Crippen molar-refractivity contribution >= 4 is 0 Å². The summed E-state index contributed by atoms with van der Waals surface area (Å²) in [6.45, 7) is 15.8. The largest absolute Gasteiger partial charge is 0.487 e. The van der Waals surface area contributed by atoms with Gasteiger partial charge in [-0.3, -0.25) is 4.98 Å². The number of nitrogens with zero attached hydrogens (tertiary/aromatic N) is 1. The predicted molar refractivity (Wildman–Crippen MR) is 77.4 cm³/mol. The van der Waals surface area contributed by atoms with Crippen LogP contribution in [0.15, 0.2) is 6.20 Å². The van der Waals surface area contributed by atoms with Gasteiger partial charge in [-0.25, -0.2) is 4.39 Å². The Morgan fingerprint density at radius 2 is 1.58 bits per heavy atom. The molecular formula is C16H26FNO. The zero-order valence-corrected chi connectivity index (χ0v) is 13.4. The van der Waals surface area contributed by atoms with Gasteiger partial charge in [0.1, 0.15) is 0 Å². The van der Waals surface area contributed by atoms with E-state index in [0.717, 1.165) is 5.56 Å². The van der Waals surface area contributed by atoms with Gasteiger partial charge in [0.15, 0.2) is 11.6 Å². The average Bonchev–Trinajstić information content (AvgIpc) is 2.16. The van der Waals surface area contributed by atoms with E-state index in [1.807, 2.05) is 55.4 Å². The summed E-state index contributed by atoms with van der Waals surface area (Å²) < 4.78 is 20.5. The summed E-state index contributed by atoms with van der Waals surface area (Å²) in [6.07, 6.45) is 1.69. The van der Waals surface area contributed by atoms with E-state index in [1.165, 1.54) is 0 Å². The molecule has 1 aromatic heterocycles. The Morgan fingerprint density at radius 3 is 1.95 bits per heavy atom. The van der Waals surface area contributed by atoms with Crippen LogP contribution in [0.25, 0.3) is 0 Å². The lowest BCUT2D eigenvalue weighted by molar-refractivity contribution is 0.222. The first kappa shape index (κ1) is 15.9. The van der Waals surface area contributed by atoms with Gasteiger partial charge in [0.05, 0.1) is 11.8 Å². The molecule has 0 spiro atoms. The third-order valence-corrected chi connectivity index (χ3v) is 2.85. The van der Waals surface area contributed by atoms with E-state index in [1.54, 1.807) is 6.20 Å². The van der Waals surface area contributed by atoms with Crippen molar-refractivity contribution in [3.8, 4) is 5.75 Å². The van der Waals surface area contributed by atoms with Crippen LogP contribution in [0.2, 0.25) is 0 Å². The number of rotatable bonds is 2. The van der Waals surface area contributed by atoms with E-state index < -0.39 is 0 Å². The fraction of sp³-hybridized carbons (Fsp3) is 0.688. The maximum absolute atomic E-state index is 14.7. The van der Waals surface area contributed by atoms with Gasteiger partial charge >= 0.3 is 0 Å². The summed E-state index contributed by atoms with van der Waals surface area (Å²) >= 11 is 0. The Kier molecular flexibility index (Phi) is 4.28. The third-order valence-electron chi connectivity index (χ3n) is 2.85. The fourth-order valence-corrected chi connectivity index (χ4v) is 1.88. The lowest BCUT2D eigenvalue weighted by atomic mass is 9.85. The smallest absolute Gasteiger partial charge is 0.187 e. The van der Waals surface area contributed by atoms with Crippen LogP contribution in [0.5, 0.6) is 5.75 Å². The maximum atomic E-state index is 14.7. The lowest BCUT2D eigenvalue weighted by Gasteiger charge is -2.27. The summed E-state index contributed by atoms with van der Waals surface area (Å²) in [7, 11) is 0. The average molecular weight is 267 g/mol. The molecule has 1 heterocycles. The fourth-order valence-electron chi connectivity index (χ4n) is 1.88. The quantitative estimate of drug-likeness (QED) is 0.781. The Bertz CT molecular complexity index is 453. The SMILES string of the molecule is CC(C)Oc1c(C(C)(C)C)cnc(C(C)(C)C)c1F. The van der Waals surface area contributed by atoms with Crippen molar-refractivity contribution in [2.24, 2.45) is 0 Å². The lowest BCUT2D eigenvalue weighted by Crippen LogP contribution is -2.22. The van der Waals surface area contributed by atoms with Gasteiger partial charge in [0.2, 0.25) is 0 Å². The molecular weight excluding hydrogens is 241 g/mol. The molecule has 0 N–H and O–H groups in total. The number of hydrogen-bond acceptors (Lipinski definition) is 2. The number of hydrogen-bond donors (Lipinski definition) is 0. The maximum Gasteiger partial charge on any atom is 0.187 e. The molecule has 1 aromatic rings. The van der Waals surface area contributed by atoms with Crippen LogP contribution in [0.1, 0.15) is 66.6 Å². The summed E-state index contributed by atoms with van der Waals surface area (Å²) in [5.74, 6) is 0.0241. The van der Waals surface area contributed by atoms with Crippen LogP contribution in [-0.4, -0.2) is 11.1 Å². The Morgan fingerprint density at radius 1 is 1.05 bits per heavy atom. The van der Waals surface area contributed by atoms with Crippen LogP contribution in [0.4, 0.5) is 4.39 Å². The first-order valence-corrected chi connectivity index (χ1v) is 6.80. The highest BCUT2D eigenvalue weighted by Gasteiger charge is 2.29. The molecule has 0 radical (unpaired) electrons. The summed E-state index contributed by atoms with van der Waals surface area (Å²) in [6, 6.07) is 0. The highest BCUT2D eigenvalue weighted by atomic mass is 19.1. The van der Waals surface area contributed by atoms with Crippen molar-refractivity contribution in [2.75, 3.05) is 0 Å². The molecule has 2 nitrogen and oxygen atoms in total. The van der Waals surface area contributed by atoms with Gasteiger partial charge in [-0.2, -0.15) is 0 Å². The molecule has 3 heteroatoms. The van der Waals surface area contributed by atoms with E-state index in [0.29, 0.717) is 11.4 Å². The second-order valence-electron chi connectivity index (χ2n) is 7.33. The number of aromatic nitrogens is 1. The van der Waals surface area contributed by atoms with E-state index in [4.69, 9.17) is 4.74 Å². The second kappa shape index (κ2) is 5.10. The zero-order valence-electron chi connectivity index (χ0n) is 13.4. The van der Waals surface area contributed by atoms with Crippen molar-refractivity contribution < 1.29 is 9.13 Å². The monoisotopic (exact) mass is 267 g/mol. The zero-order chi connectivity index (χ0) is 15.0. The van der Waals surface area contributed by atoms with E-state index >= 15 is 0 Å². The van der Waals surface area contributed by atoms with Gasteiger partial charge in [-0.05, 0) is 19.3 Å². The van der Waals surface area contributed by atoms with E-state index in [9.17, 15) is 4.39 Å². The normalized spacial score (nSPS) is 12.9. The second-order valence-corrected chi connectivity index (χ2v) is 7.33. The molecule has 0 amide bonds. The molecule has 0 saturated heterocycles. The first-order chi connectivity index (χ1) is 8.44. The van der Waals surface area contributed by atoms with Crippen molar-refractivity contribution in [1.82, 2.24) is 4.98 Å². The molecule has 1 rings (SSSR count). The first-order valence-electron chi connectivity index (χ1n) is 6.80. The van der Waals surface area contributed by atoms with Gasteiger partial charge in [0, 0.05) is 17.2 Å². The van der Waals surface area contributed by atoms with Crippen LogP contribution >= 0.6 is 0 Å². The minimum Gasteiger partial charge on any atom is -0.487 e. The predicted octanol–water partition coefficient (Wildman–Crippen LogP) is 4.60. The van der Waals surface area contributed by atoms with Crippen LogP contribution in [-0.2, 0) is 10.8 Å². The molecule has 19 heavy (non-hydrogen) atoms. The highest BCUT2D eigenvalue weighted by molar-refractivity contribution is 5.41. The van der Waals surface area contributed by atoms with Gasteiger partial charge < -0.3 is 4.74 Å². The summed E-state index contributed by atoms with van der Waals surface area (Å²) in [5, 5.41) is 0. The Labute approximate surface area is 116 Å². The Balaban J connectivity index is 3.50. The molecule has 0 fully saturated rings. The van der Waals surface area contributed by atoms with E-state index in [-0.39, 0.29) is 22.8 Å². The van der Waals surface area contributed by atoms with Gasteiger partial charge in [0.25, 0.3) is 0 Å². The Hall–Kier alpha value is -1.12. The summed E-state index contributed by atoms with van der Waals surface area (Å²) in [5.41, 5.74) is 0.729. The molecule has 108 valence electrons. The molecule has 0 aromatic carbocycles. The molecule has 0 aliphatic heterocycles. The molecule has 0 atom stereocenters. The van der Waals surface area contributed by atoms with E-state index in [2.05, 4.69) is 4.98 Å². The van der Waals surface area contributed by atoms with Gasteiger partial charge in [-0.1, -0.05) is 41.5 Å². The van der Waals surface area contributed by atoms with Gasteiger partial charge in [-0.15, -0.1) is 0 Å². The topological polar surface area (TPSA) is 22.1 Å². The molecule has 0 bridgehead atoms. The highest BCUT2D eigenvalue weighted by Crippen LogP contribution is 2.37. The standard InChI is InChI=1S/C16H26FNO/c1-10(2)19-13-11(15(3,4)5)9-18-14(12(13)17)16(6,7)8/h9-10H,1-8H3. The molecule has 0 aliphatic carbocycles. The number of halogens is 1. The van der Waals surface area contributed by atoms with Crippen molar-refractivity contribution in [2.45, 2.75) is 72.3 Å². The van der Waals surface area contributed by atoms with Crippen LogP contribution in [0, 0.1) is 5.82 Å². The number of ether oxygens (including phenoxy) is 1. The van der Waals surface area contributed by atoms with Crippen molar-refractivity contribution in [3.05, 3.63) is 23.3 Å². The minimum atomic E-state index is -0.338. The third kappa shape index (κ3) is 3.68. The molecule has 0 unspecified atom stereocenters. The molecule has 0 aliphatic rings. The van der Waals surface area contributed by atoms with Crippen LogP contribution in [0.3, 0.4) is 0 Å². The van der Waals surface area contributed by atoms with Crippen LogP contribution < -0.4 is 4.74 Å². The minimum absolute atomic E-state index is 0.0641. The summed E-state index contributed by atoms with van der Waals surface area (Å²) in [4.78, 5) is 4.33. The molecule has 0 saturated carbocycles. The number of pyridine rings is 1.